The topological polar surface area (TPSA) is 35.2 Å². The van der Waals surface area contributed by atoms with Gasteiger partial charge in [0, 0.05) is 0 Å². The predicted molar refractivity (Wildman–Crippen MR) is 28.5 cm³/mol. The summed E-state index contributed by atoms with van der Waals surface area (Å²) in [6.45, 7) is 1.69. The molecule has 0 aromatic carbocycles. The zero-order valence-electron chi connectivity index (χ0n) is 4.77. The monoisotopic (exact) mass is 228 g/mol. The summed E-state index contributed by atoms with van der Waals surface area (Å²) in [6.07, 6.45) is 0.413. The second-order valence-electron chi connectivity index (χ2n) is 1.76. The third-order valence-electron chi connectivity index (χ3n) is 1.11. The third-order valence-corrected chi connectivity index (χ3v) is 3.92. The van der Waals surface area contributed by atoms with Crippen molar-refractivity contribution in [2.45, 2.75) is 6.10 Å². The molecule has 1 saturated heterocycles. The number of hydrogen-bond donors (Lipinski definition) is 1. The molecule has 0 saturated carbocycles. The molecule has 0 bridgehead atoms. The summed E-state index contributed by atoms with van der Waals surface area (Å²) in [5, 5.41) is 0. The van der Waals surface area contributed by atoms with E-state index in [-0.39, 0.29) is 0 Å². The second kappa shape index (κ2) is 3.63. The van der Waals surface area contributed by atoms with Crippen LogP contribution in [0.4, 0.5) is 0 Å². The van der Waals surface area contributed by atoms with Crippen LogP contribution in [0.1, 0.15) is 0 Å². The van der Waals surface area contributed by atoms with Gasteiger partial charge in [0.15, 0.2) is 0 Å². The summed E-state index contributed by atoms with van der Waals surface area (Å²) in [6, 6.07) is 0. The molecule has 1 heterocycles. The number of rotatable bonds is 1. The van der Waals surface area contributed by atoms with Gasteiger partial charge in [0.25, 0.3) is 0 Å². The first-order valence-corrected chi connectivity index (χ1v) is 5.83. The molecule has 50 valence electrons. The fourth-order valence-corrected chi connectivity index (χ4v) is 2.95. The van der Waals surface area contributed by atoms with Crippen LogP contribution in [0.3, 0.4) is 0 Å². The average Bonchev–Trinajstić information content (AvgIpc) is 1.90. The summed E-state index contributed by atoms with van der Waals surface area (Å²) in [7, 11) is 0. The van der Waals surface area contributed by atoms with E-state index in [0.29, 0.717) is 27.3 Å². The Hall–Kier alpha value is 0.650. The summed E-state index contributed by atoms with van der Waals surface area (Å²) < 4.78 is 7.93. The maximum absolute atomic E-state index is 5.40. The molecule has 1 fully saturated rings. The van der Waals surface area contributed by atoms with E-state index in [1.165, 1.54) is 8.86 Å². The van der Waals surface area contributed by atoms with Crippen molar-refractivity contribution in [1.82, 2.24) is 0 Å². The van der Waals surface area contributed by atoms with E-state index in [1.54, 1.807) is 0 Å². The molecule has 2 N–H and O–H groups in total. The van der Waals surface area contributed by atoms with E-state index < -0.39 is 0 Å². The van der Waals surface area contributed by atoms with Crippen molar-refractivity contribution in [2.75, 3.05) is 22.0 Å². The predicted octanol–water partition coefficient (Wildman–Crippen LogP) is -3.57. The van der Waals surface area contributed by atoms with Gasteiger partial charge in [-0.1, -0.05) is 0 Å². The van der Waals surface area contributed by atoms with Crippen LogP contribution in [0.25, 0.3) is 0 Å². The van der Waals surface area contributed by atoms with Crippen LogP contribution in [0.2, 0.25) is 0 Å². The first-order valence-electron chi connectivity index (χ1n) is 2.78. The van der Waals surface area contributed by atoms with Gasteiger partial charge in [-0.05, 0) is 0 Å². The molecule has 0 aromatic heterocycles. The van der Waals surface area contributed by atoms with Gasteiger partial charge in [0.05, 0.1) is 0 Å². The molecule has 8 heavy (non-hydrogen) atoms. The summed E-state index contributed by atoms with van der Waals surface area (Å²) >= 11 is 0.463. The minimum absolute atomic E-state index is 0.413. The molecule has 2 nitrogen and oxygen atoms in total. The number of alkyl halides is 2. The molecule has 1 rings (SSSR count). The van der Waals surface area contributed by atoms with Gasteiger partial charge in [-0.25, -0.2) is 0 Å². The number of nitrogens with two attached hydrogens (primary N) is 1. The van der Waals surface area contributed by atoms with Crippen molar-refractivity contribution < 1.29 is 25.9 Å². The molecule has 0 amide bonds. The standard InChI is InChI=1S/C5H11INO/c7-4-5-3-6-1-2-8-5/h5H,1-4,7H2/q-1. The molecule has 3 heteroatoms. The quantitative estimate of drug-likeness (QED) is 0.372. The van der Waals surface area contributed by atoms with Crippen molar-refractivity contribution in [1.29, 1.82) is 0 Å². The van der Waals surface area contributed by atoms with Gasteiger partial charge in [-0.3, -0.25) is 0 Å². The van der Waals surface area contributed by atoms with E-state index in [4.69, 9.17) is 10.5 Å². The molecular formula is C5H11INO-. The van der Waals surface area contributed by atoms with Crippen molar-refractivity contribution in [3.05, 3.63) is 0 Å². The maximum atomic E-state index is 5.40. The van der Waals surface area contributed by atoms with Crippen LogP contribution in [-0.2, 0) is 4.74 Å². The van der Waals surface area contributed by atoms with Gasteiger partial charge in [-0.15, -0.1) is 0 Å². The van der Waals surface area contributed by atoms with Crippen LogP contribution >= 0.6 is 0 Å². The van der Waals surface area contributed by atoms with Crippen LogP contribution < -0.4 is 26.9 Å². The Morgan fingerprint density at radius 2 is 2.62 bits per heavy atom. The molecule has 0 radical (unpaired) electrons. The Balaban J connectivity index is 2.13. The van der Waals surface area contributed by atoms with Gasteiger partial charge in [0.2, 0.25) is 0 Å². The van der Waals surface area contributed by atoms with E-state index in [9.17, 15) is 0 Å². The third kappa shape index (κ3) is 1.87. The van der Waals surface area contributed by atoms with Gasteiger partial charge in [0.1, 0.15) is 0 Å². The Morgan fingerprint density at radius 1 is 1.75 bits per heavy atom. The fourth-order valence-electron chi connectivity index (χ4n) is 0.640. The fraction of sp³-hybridized carbons (Fsp3) is 1.00. The summed E-state index contributed by atoms with van der Waals surface area (Å²) in [5.74, 6) is 0. The van der Waals surface area contributed by atoms with Gasteiger partial charge >= 0.3 is 59.8 Å². The van der Waals surface area contributed by atoms with Crippen LogP contribution in [0.15, 0.2) is 0 Å². The van der Waals surface area contributed by atoms with Crippen molar-refractivity contribution in [2.24, 2.45) is 5.73 Å². The summed E-state index contributed by atoms with van der Waals surface area (Å²) in [4.78, 5) is 0. The zero-order chi connectivity index (χ0) is 5.82. The first-order chi connectivity index (χ1) is 3.93. The van der Waals surface area contributed by atoms with Crippen LogP contribution in [-0.4, -0.2) is 28.1 Å². The molecule has 1 atom stereocenters. The van der Waals surface area contributed by atoms with E-state index in [1.807, 2.05) is 0 Å². The molecule has 0 spiro atoms. The molecule has 1 unspecified atom stereocenters. The Kier molecular flexibility index (Phi) is 3.07. The Bertz CT molecular complexity index is 63.4. The molecule has 1 aliphatic rings. The Labute approximate surface area is 60.0 Å². The van der Waals surface area contributed by atoms with Gasteiger partial charge < -0.3 is 0 Å². The van der Waals surface area contributed by atoms with Crippen molar-refractivity contribution in [3.8, 4) is 0 Å². The number of halogens is 1. The molecule has 0 aliphatic carbocycles. The van der Waals surface area contributed by atoms with E-state index in [0.717, 1.165) is 13.2 Å². The number of hydrogen-bond acceptors (Lipinski definition) is 2. The molecular weight excluding hydrogens is 217 g/mol. The average molecular weight is 228 g/mol. The summed E-state index contributed by atoms with van der Waals surface area (Å²) in [5.41, 5.74) is 5.40. The van der Waals surface area contributed by atoms with Crippen molar-refractivity contribution in [3.63, 3.8) is 0 Å². The van der Waals surface area contributed by atoms with Crippen LogP contribution in [0, 0.1) is 0 Å². The number of ether oxygens (including phenoxy) is 1. The molecule has 0 aromatic rings. The SMILES string of the molecule is NCC1C[I-]CCO1. The Morgan fingerprint density at radius 3 is 3.00 bits per heavy atom. The molecule has 1 aliphatic heterocycles. The van der Waals surface area contributed by atoms with E-state index >= 15 is 0 Å². The second-order valence-corrected chi connectivity index (χ2v) is 4.80. The van der Waals surface area contributed by atoms with Crippen molar-refractivity contribution >= 4 is 0 Å². The van der Waals surface area contributed by atoms with Gasteiger partial charge in [-0.2, -0.15) is 0 Å². The van der Waals surface area contributed by atoms with Crippen LogP contribution in [0.5, 0.6) is 0 Å². The zero-order valence-corrected chi connectivity index (χ0v) is 6.93. The first kappa shape index (κ1) is 6.77. The minimum atomic E-state index is 0.413. The van der Waals surface area contributed by atoms with E-state index in [2.05, 4.69) is 0 Å². The normalized spacial score (nSPS) is 31.4.